The summed E-state index contributed by atoms with van der Waals surface area (Å²) in [5.41, 5.74) is 2.12. The fourth-order valence-electron chi connectivity index (χ4n) is 2.05. The number of Topliss-reactive ketones (excluding diaryl/α,β-unsaturated/α-hetero) is 3. The van der Waals surface area contributed by atoms with Crippen LogP contribution in [0.15, 0.2) is 24.3 Å². The van der Waals surface area contributed by atoms with E-state index in [1.807, 2.05) is 24.3 Å². The van der Waals surface area contributed by atoms with Crippen molar-refractivity contribution in [3.63, 3.8) is 0 Å². The zero-order valence-corrected chi connectivity index (χ0v) is 12.3. The maximum Gasteiger partial charge on any atom is 0.134 e. The Hall–Kier alpha value is -1.77. The van der Waals surface area contributed by atoms with Crippen LogP contribution < -0.4 is 0 Å². The first-order chi connectivity index (χ1) is 9.47. The fraction of sp³-hybridized carbons (Fsp3) is 0.471. The third-order valence-corrected chi connectivity index (χ3v) is 3.15. The van der Waals surface area contributed by atoms with Gasteiger partial charge < -0.3 is 4.79 Å². The molecule has 0 aromatic heterocycles. The van der Waals surface area contributed by atoms with E-state index in [4.69, 9.17) is 0 Å². The highest BCUT2D eigenvalue weighted by molar-refractivity contribution is 5.80. The van der Waals surface area contributed by atoms with Crippen molar-refractivity contribution in [1.82, 2.24) is 0 Å². The lowest BCUT2D eigenvalue weighted by Gasteiger charge is -2.03. The molecule has 3 heteroatoms. The highest BCUT2D eigenvalue weighted by Gasteiger charge is 2.04. The van der Waals surface area contributed by atoms with E-state index in [9.17, 15) is 14.4 Å². The molecule has 0 unspecified atom stereocenters. The highest BCUT2D eigenvalue weighted by atomic mass is 16.1. The fourth-order valence-corrected chi connectivity index (χ4v) is 2.05. The molecule has 0 bridgehead atoms. The van der Waals surface area contributed by atoms with Gasteiger partial charge in [0.2, 0.25) is 0 Å². The number of benzene rings is 1. The van der Waals surface area contributed by atoms with Gasteiger partial charge in [-0.1, -0.05) is 24.3 Å². The smallest absolute Gasteiger partial charge is 0.134 e. The predicted octanol–water partition coefficient (Wildman–Crippen LogP) is 3.08. The molecule has 0 fully saturated rings. The SMILES string of the molecule is CC(=O)CCCC(=O)CCc1ccc(CC(C)=O)cc1. The largest absolute Gasteiger partial charge is 0.300 e. The summed E-state index contributed by atoms with van der Waals surface area (Å²) in [6, 6.07) is 7.83. The summed E-state index contributed by atoms with van der Waals surface area (Å²) in [7, 11) is 0. The van der Waals surface area contributed by atoms with Gasteiger partial charge in [-0.2, -0.15) is 0 Å². The Labute approximate surface area is 120 Å². The van der Waals surface area contributed by atoms with E-state index in [2.05, 4.69) is 0 Å². The molecule has 0 aliphatic rings. The first-order valence-corrected chi connectivity index (χ1v) is 7.06. The number of hydrogen-bond donors (Lipinski definition) is 0. The number of carbonyl (C=O) groups excluding carboxylic acids is 3. The molecule has 20 heavy (non-hydrogen) atoms. The molecule has 1 aromatic rings. The van der Waals surface area contributed by atoms with Crippen LogP contribution in [0.25, 0.3) is 0 Å². The number of hydrogen-bond acceptors (Lipinski definition) is 3. The quantitative estimate of drug-likeness (QED) is 0.695. The third-order valence-electron chi connectivity index (χ3n) is 3.15. The van der Waals surface area contributed by atoms with Gasteiger partial charge in [-0.15, -0.1) is 0 Å². The minimum absolute atomic E-state index is 0.138. The molecule has 0 spiro atoms. The maximum absolute atomic E-state index is 11.7. The average Bonchev–Trinajstić information content (AvgIpc) is 2.37. The van der Waals surface area contributed by atoms with Crippen LogP contribution in [0.4, 0.5) is 0 Å². The zero-order chi connectivity index (χ0) is 15.0. The summed E-state index contributed by atoms with van der Waals surface area (Å²) in [6.07, 6.45) is 3.34. The van der Waals surface area contributed by atoms with E-state index in [0.717, 1.165) is 17.5 Å². The Morgan fingerprint density at radius 3 is 1.95 bits per heavy atom. The number of aryl methyl sites for hydroxylation is 1. The lowest BCUT2D eigenvalue weighted by Crippen LogP contribution is -2.02. The van der Waals surface area contributed by atoms with Crippen LogP contribution >= 0.6 is 0 Å². The van der Waals surface area contributed by atoms with Gasteiger partial charge in [-0.25, -0.2) is 0 Å². The van der Waals surface area contributed by atoms with Crippen molar-refractivity contribution in [2.24, 2.45) is 0 Å². The van der Waals surface area contributed by atoms with Crippen LogP contribution in [0.3, 0.4) is 0 Å². The predicted molar refractivity (Wildman–Crippen MR) is 78.7 cm³/mol. The van der Waals surface area contributed by atoms with Crippen molar-refractivity contribution in [2.75, 3.05) is 0 Å². The number of carbonyl (C=O) groups is 3. The van der Waals surface area contributed by atoms with Gasteiger partial charge in [0.25, 0.3) is 0 Å². The van der Waals surface area contributed by atoms with Crippen LogP contribution in [-0.2, 0) is 27.2 Å². The summed E-state index contributed by atoms with van der Waals surface area (Å²) >= 11 is 0. The topological polar surface area (TPSA) is 51.2 Å². The van der Waals surface area contributed by atoms with E-state index in [1.165, 1.54) is 0 Å². The molecule has 0 saturated carbocycles. The maximum atomic E-state index is 11.7. The molecule has 3 nitrogen and oxygen atoms in total. The molecule has 0 saturated heterocycles. The second-order valence-corrected chi connectivity index (χ2v) is 5.29. The van der Waals surface area contributed by atoms with Gasteiger partial charge in [-0.05, 0) is 37.8 Å². The van der Waals surface area contributed by atoms with Crippen molar-refractivity contribution >= 4 is 17.3 Å². The van der Waals surface area contributed by atoms with Gasteiger partial charge >= 0.3 is 0 Å². The van der Waals surface area contributed by atoms with Crippen LogP contribution in [0.2, 0.25) is 0 Å². The van der Waals surface area contributed by atoms with Gasteiger partial charge in [0.15, 0.2) is 0 Å². The van der Waals surface area contributed by atoms with E-state index in [-0.39, 0.29) is 17.3 Å². The first kappa shape index (κ1) is 16.3. The van der Waals surface area contributed by atoms with Gasteiger partial charge in [0, 0.05) is 25.7 Å². The second-order valence-electron chi connectivity index (χ2n) is 5.29. The molecule has 0 N–H and O–H groups in total. The summed E-state index contributed by atoms with van der Waals surface area (Å²) in [4.78, 5) is 33.4. The lowest BCUT2D eigenvalue weighted by molar-refractivity contribution is -0.120. The molecule has 0 atom stereocenters. The molecule has 1 rings (SSSR count). The minimum Gasteiger partial charge on any atom is -0.300 e. The molecule has 0 radical (unpaired) electrons. The second kappa shape index (κ2) is 8.41. The summed E-state index contributed by atoms with van der Waals surface area (Å²) in [5.74, 6) is 0.497. The first-order valence-electron chi connectivity index (χ1n) is 7.06. The number of ketones is 3. The van der Waals surface area contributed by atoms with Gasteiger partial charge in [0.1, 0.15) is 17.3 Å². The van der Waals surface area contributed by atoms with E-state index in [1.54, 1.807) is 13.8 Å². The van der Waals surface area contributed by atoms with Crippen LogP contribution in [0.1, 0.15) is 50.7 Å². The van der Waals surface area contributed by atoms with E-state index < -0.39 is 0 Å². The Morgan fingerprint density at radius 2 is 1.40 bits per heavy atom. The van der Waals surface area contributed by atoms with Crippen LogP contribution in [0, 0.1) is 0 Å². The van der Waals surface area contributed by atoms with Crippen molar-refractivity contribution in [3.8, 4) is 0 Å². The Balaban J connectivity index is 2.32. The summed E-state index contributed by atoms with van der Waals surface area (Å²) in [5, 5.41) is 0. The monoisotopic (exact) mass is 274 g/mol. The Morgan fingerprint density at radius 1 is 0.800 bits per heavy atom. The zero-order valence-electron chi connectivity index (χ0n) is 12.3. The molecule has 0 aliphatic heterocycles. The minimum atomic E-state index is 0.138. The van der Waals surface area contributed by atoms with Gasteiger partial charge in [0.05, 0.1) is 0 Å². The molecule has 1 aromatic carbocycles. The van der Waals surface area contributed by atoms with Crippen LogP contribution in [-0.4, -0.2) is 17.3 Å². The summed E-state index contributed by atoms with van der Waals surface area (Å²) in [6.45, 7) is 3.13. The molecule has 108 valence electrons. The summed E-state index contributed by atoms with van der Waals surface area (Å²) < 4.78 is 0. The van der Waals surface area contributed by atoms with Gasteiger partial charge in [-0.3, -0.25) is 9.59 Å². The normalized spacial score (nSPS) is 10.3. The van der Waals surface area contributed by atoms with Crippen molar-refractivity contribution < 1.29 is 14.4 Å². The van der Waals surface area contributed by atoms with Crippen molar-refractivity contribution in [1.29, 1.82) is 0 Å². The Kier molecular flexibility index (Phi) is 6.85. The molecule has 0 aliphatic carbocycles. The number of rotatable bonds is 9. The lowest BCUT2D eigenvalue weighted by atomic mass is 10.0. The molecule has 0 heterocycles. The van der Waals surface area contributed by atoms with E-state index >= 15 is 0 Å². The molecular weight excluding hydrogens is 252 g/mol. The van der Waals surface area contributed by atoms with Crippen molar-refractivity contribution in [2.45, 2.75) is 52.4 Å². The average molecular weight is 274 g/mol. The third kappa shape index (κ3) is 6.98. The van der Waals surface area contributed by atoms with E-state index in [0.29, 0.717) is 32.1 Å². The Bertz CT molecular complexity index is 472. The molecule has 0 amide bonds. The van der Waals surface area contributed by atoms with Crippen molar-refractivity contribution in [3.05, 3.63) is 35.4 Å². The highest BCUT2D eigenvalue weighted by Crippen LogP contribution is 2.09. The molecular formula is C17H22O3. The van der Waals surface area contributed by atoms with Crippen LogP contribution in [0.5, 0.6) is 0 Å². The standard InChI is InChI=1S/C17H22O3/c1-13(18)4-3-5-17(20)11-10-15-6-8-16(9-7-15)12-14(2)19/h6-9H,3-5,10-12H2,1-2H3.